The summed E-state index contributed by atoms with van der Waals surface area (Å²) in [5.41, 5.74) is 0. The van der Waals surface area contributed by atoms with Crippen molar-refractivity contribution in [1.29, 1.82) is 0 Å². The first-order chi connectivity index (χ1) is 5.18. The highest BCUT2D eigenvalue weighted by molar-refractivity contribution is 5.48. The van der Waals surface area contributed by atoms with Crippen LogP contribution in [-0.2, 0) is 4.79 Å². The number of nitrogens with zero attached hydrogens (tertiary/aromatic N) is 1. The highest BCUT2D eigenvalue weighted by Gasteiger charge is 2.02. The quantitative estimate of drug-likeness (QED) is 0.432. The fraction of sp³-hybridized carbons (Fsp3) is 0.889. The Balaban J connectivity index is 3.17. The van der Waals surface area contributed by atoms with Gasteiger partial charge in [0.25, 0.3) is 0 Å². The van der Waals surface area contributed by atoms with Crippen molar-refractivity contribution in [3.63, 3.8) is 0 Å². The first kappa shape index (κ1) is 10.6. The van der Waals surface area contributed by atoms with Crippen molar-refractivity contribution in [2.45, 2.75) is 38.6 Å². The van der Waals surface area contributed by atoms with E-state index in [9.17, 15) is 4.79 Å². The molecule has 2 heteroatoms. The van der Waals surface area contributed by atoms with Gasteiger partial charge in [0.05, 0.1) is 0 Å². The zero-order valence-electron chi connectivity index (χ0n) is 7.84. The Bertz CT molecular complexity index is 102. The van der Waals surface area contributed by atoms with Gasteiger partial charge in [0, 0.05) is 12.5 Å². The molecule has 0 spiro atoms. The Morgan fingerprint density at radius 1 is 1.36 bits per heavy atom. The molecule has 0 aliphatic heterocycles. The number of hydrogen-bond acceptors (Lipinski definition) is 2. The lowest BCUT2D eigenvalue weighted by Gasteiger charge is -2.18. The Morgan fingerprint density at radius 2 is 2.00 bits per heavy atom. The van der Waals surface area contributed by atoms with Crippen LogP contribution in [0.5, 0.6) is 0 Å². The average molecular weight is 157 g/mol. The van der Waals surface area contributed by atoms with Crippen molar-refractivity contribution in [2.75, 3.05) is 14.1 Å². The first-order valence-electron chi connectivity index (χ1n) is 4.28. The molecule has 0 aromatic rings. The number of rotatable bonds is 6. The maximum atomic E-state index is 9.97. The van der Waals surface area contributed by atoms with Crippen LogP contribution in [0.25, 0.3) is 0 Å². The maximum Gasteiger partial charge on any atom is 0.119 e. The molecule has 0 bridgehead atoms. The second-order valence-corrected chi connectivity index (χ2v) is 3.26. The molecule has 66 valence electrons. The minimum atomic E-state index is 0.640. The number of carbonyl (C=O) groups is 1. The Morgan fingerprint density at radius 3 is 2.45 bits per heavy atom. The first-order valence-corrected chi connectivity index (χ1v) is 4.28. The smallest absolute Gasteiger partial charge is 0.119 e. The lowest BCUT2D eigenvalue weighted by molar-refractivity contribution is -0.107. The van der Waals surface area contributed by atoms with Gasteiger partial charge < -0.3 is 9.69 Å². The van der Waals surface area contributed by atoms with Crippen molar-refractivity contribution in [2.24, 2.45) is 0 Å². The van der Waals surface area contributed by atoms with E-state index in [0.29, 0.717) is 6.04 Å². The molecule has 0 aliphatic rings. The maximum absolute atomic E-state index is 9.97. The number of hydrogen-bond donors (Lipinski definition) is 0. The summed E-state index contributed by atoms with van der Waals surface area (Å²) < 4.78 is 0. The van der Waals surface area contributed by atoms with Gasteiger partial charge in [-0.2, -0.15) is 0 Å². The molecule has 11 heavy (non-hydrogen) atoms. The van der Waals surface area contributed by atoms with Crippen molar-refractivity contribution in [3.8, 4) is 0 Å². The molecular formula is C9H19NO. The largest absolute Gasteiger partial charge is 0.307 e. The van der Waals surface area contributed by atoms with E-state index in [1.54, 1.807) is 0 Å². The average Bonchev–Trinajstić information content (AvgIpc) is 1.97. The van der Waals surface area contributed by atoms with Gasteiger partial charge in [-0.25, -0.2) is 0 Å². The van der Waals surface area contributed by atoms with Crippen LogP contribution in [0.15, 0.2) is 0 Å². The molecule has 2 nitrogen and oxygen atoms in total. The fourth-order valence-electron chi connectivity index (χ4n) is 0.926. The van der Waals surface area contributed by atoms with Crippen molar-refractivity contribution >= 4 is 6.29 Å². The molecule has 1 atom stereocenters. The van der Waals surface area contributed by atoms with Crippen LogP contribution < -0.4 is 0 Å². The van der Waals surface area contributed by atoms with Crippen LogP contribution in [0.3, 0.4) is 0 Å². The van der Waals surface area contributed by atoms with Crippen molar-refractivity contribution in [3.05, 3.63) is 0 Å². The minimum Gasteiger partial charge on any atom is -0.307 e. The SMILES string of the molecule is CC(CCCCC=O)N(C)C. The molecule has 0 N–H and O–H groups in total. The monoisotopic (exact) mass is 157 g/mol. The topological polar surface area (TPSA) is 20.3 Å². The predicted molar refractivity (Wildman–Crippen MR) is 47.7 cm³/mol. The summed E-state index contributed by atoms with van der Waals surface area (Å²) in [6.45, 7) is 2.21. The number of aldehydes is 1. The third kappa shape index (κ3) is 6.05. The summed E-state index contributed by atoms with van der Waals surface area (Å²) in [6.07, 6.45) is 5.13. The van der Waals surface area contributed by atoms with Crippen molar-refractivity contribution in [1.82, 2.24) is 4.90 Å². The van der Waals surface area contributed by atoms with Crippen LogP contribution >= 0.6 is 0 Å². The van der Waals surface area contributed by atoms with Gasteiger partial charge in [-0.15, -0.1) is 0 Å². The zero-order chi connectivity index (χ0) is 8.69. The molecule has 0 aliphatic carbocycles. The summed E-state index contributed by atoms with van der Waals surface area (Å²) in [6, 6.07) is 0.640. The third-order valence-corrected chi connectivity index (χ3v) is 2.08. The van der Waals surface area contributed by atoms with E-state index >= 15 is 0 Å². The Kier molecular flexibility index (Phi) is 6.13. The number of unbranched alkanes of at least 4 members (excludes halogenated alkanes) is 2. The molecule has 0 aromatic carbocycles. The summed E-state index contributed by atoms with van der Waals surface area (Å²) >= 11 is 0. The molecule has 0 aromatic heterocycles. The molecule has 0 radical (unpaired) electrons. The van der Waals surface area contributed by atoms with E-state index in [1.807, 2.05) is 0 Å². The van der Waals surface area contributed by atoms with Crippen LogP contribution in [0.1, 0.15) is 32.6 Å². The Hall–Kier alpha value is -0.370. The van der Waals surface area contributed by atoms with Gasteiger partial charge >= 0.3 is 0 Å². The van der Waals surface area contributed by atoms with Crippen LogP contribution in [0.4, 0.5) is 0 Å². The third-order valence-electron chi connectivity index (χ3n) is 2.08. The van der Waals surface area contributed by atoms with Gasteiger partial charge in [0.15, 0.2) is 0 Å². The van der Waals surface area contributed by atoms with Crippen LogP contribution in [-0.4, -0.2) is 31.3 Å². The molecule has 0 saturated carbocycles. The van der Waals surface area contributed by atoms with E-state index < -0.39 is 0 Å². The van der Waals surface area contributed by atoms with Gasteiger partial charge in [-0.3, -0.25) is 0 Å². The molecule has 0 saturated heterocycles. The molecule has 0 heterocycles. The Labute approximate surface area is 69.6 Å². The summed E-state index contributed by atoms with van der Waals surface area (Å²) in [5, 5.41) is 0. The predicted octanol–water partition coefficient (Wildman–Crippen LogP) is 1.70. The van der Waals surface area contributed by atoms with Crippen LogP contribution in [0, 0.1) is 0 Å². The van der Waals surface area contributed by atoms with E-state index in [0.717, 1.165) is 25.5 Å². The summed E-state index contributed by atoms with van der Waals surface area (Å²) in [7, 11) is 4.18. The highest BCUT2D eigenvalue weighted by atomic mass is 16.1. The molecule has 0 amide bonds. The lowest BCUT2D eigenvalue weighted by Crippen LogP contribution is -2.24. The standard InChI is InChI=1S/C9H19NO/c1-9(10(2)3)7-5-4-6-8-11/h8-9H,4-7H2,1-3H3. The van der Waals surface area contributed by atoms with Crippen LogP contribution in [0.2, 0.25) is 0 Å². The van der Waals surface area contributed by atoms with E-state index in [1.165, 1.54) is 6.42 Å². The van der Waals surface area contributed by atoms with Gasteiger partial charge in [-0.1, -0.05) is 6.42 Å². The molecule has 0 rings (SSSR count). The van der Waals surface area contributed by atoms with Crippen molar-refractivity contribution < 1.29 is 4.79 Å². The zero-order valence-corrected chi connectivity index (χ0v) is 7.84. The molecule has 1 unspecified atom stereocenters. The second kappa shape index (κ2) is 6.35. The van der Waals surface area contributed by atoms with E-state index in [4.69, 9.17) is 0 Å². The summed E-state index contributed by atoms with van der Waals surface area (Å²) in [5.74, 6) is 0. The normalized spacial score (nSPS) is 13.5. The minimum absolute atomic E-state index is 0.640. The van der Waals surface area contributed by atoms with E-state index in [-0.39, 0.29) is 0 Å². The lowest BCUT2D eigenvalue weighted by atomic mass is 10.1. The fourth-order valence-corrected chi connectivity index (χ4v) is 0.926. The highest BCUT2D eigenvalue weighted by Crippen LogP contribution is 2.05. The van der Waals surface area contributed by atoms with Gasteiger partial charge in [-0.05, 0) is 33.9 Å². The van der Waals surface area contributed by atoms with Gasteiger partial charge in [0.2, 0.25) is 0 Å². The molecular weight excluding hydrogens is 138 g/mol. The molecule has 0 fully saturated rings. The summed E-state index contributed by atoms with van der Waals surface area (Å²) in [4.78, 5) is 12.2. The number of carbonyl (C=O) groups excluding carboxylic acids is 1. The van der Waals surface area contributed by atoms with E-state index in [2.05, 4.69) is 25.9 Å². The second-order valence-electron chi connectivity index (χ2n) is 3.26. The van der Waals surface area contributed by atoms with Gasteiger partial charge in [0.1, 0.15) is 6.29 Å².